The summed E-state index contributed by atoms with van der Waals surface area (Å²) in [5.74, 6) is -0.672. The summed E-state index contributed by atoms with van der Waals surface area (Å²) in [6, 6.07) is 14.0. The molecule has 1 saturated carbocycles. The van der Waals surface area contributed by atoms with Crippen LogP contribution in [0.15, 0.2) is 49.0 Å². The lowest BCUT2D eigenvalue weighted by Gasteiger charge is -2.43. The van der Waals surface area contributed by atoms with Gasteiger partial charge in [0.05, 0.1) is 6.61 Å². The lowest BCUT2D eigenvalue weighted by molar-refractivity contribution is -0.483. The summed E-state index contributed by atoms with van der Waals surface area (Å²) in [5.41, 5.74) is 4.05. The second kappa shape index (κ2) is 8.66. The summed E-state index contributed by atoms with van der Waals surface area (Å²) in [7, 11) is 0. The number of anilines is 1. The van der Waals surface area contributed by atoms with Gasteiger partial charge in [0.1, 0.15) is 6.10 Å². The molecule has 29 heavy (non-hydrogen) atoms. The average Bonchev–Trinajstić information content (AvgIpc) is 2.70. The van der Waals surface area contributed by atoms with Crippen LogP contribution in [0.5, 0.6) is 0 Å². The third-order valence-corrected chi connectivity index (χ3v) is 6.04. The molecule has 2 aliphatic rings. The first-order valence-corrected chi connectivity index (χ1v) is 10.6. The van der Waals surface area contributed by atoms with Gasteiger partial charge in [0.2, 0.25) is 5.79 Å². The van der Waals surface area contributed by atoms with Crippen LogP contribution in [-0.2, 0) is 14.5 Å². The molecule has 0 bridgehead atoms. The molecule has 1 spiro atoms. The molecule has 1 atom stereocenters. The fourth-order valence-corrected chi connectivity index (χ4v) is 4.37. The first-order valence-electron chi connectivity index (χ1n) is 9.89. The maximum Gasteiger partial charge on any atom is 0.201 e. The molecule has 1 unspecified atom stereocenters. The van der Waals surface area contributed by atoms with Crippen LogP contribution in [-0.4, -0.2) is 24.5 Å². The van der Waals surface area contributed by atoms with Gasteiger partial charge < -0.3 is 10.1 Å². The molecule has 0 radical (unpaired) electrons. The van der Waals surface area contributed by atoms with E-state index in [0.717, 1.165) is 42.5 Å². The van der Waals surface area contributed by atoms with E-state index in [1.807, 2.05) is 24.3 Å². The van der Waals surface area contributed by atoms with E-state index in [1.165, 1.54) is 5.56 Å². The molecule has 0 amide bonds. The first-order chi connectivity index (χ1) is 13.9. The topological polar surface area (TPSA) is 39.7 Å². The number of ether oxygens (including phenoxy) is 1. The standard InChI is InChI=1S/C23H25Cl2NO3/c1-15-3-5-17(6-4-15)16(2)22-14-27-23(29-28-22)9-7-20(8-10-23)26-21-12-18(24)11-19(25)13-21/h3-6,11-13,20,22,26H,2,7-10,14H2,1H3. The van der Waals surface area contributed by atoms with Crippen LogP contribution in [0.4, 0.5) is 5.69 Å². The predicted octanol–water partition coefficient (Wildman–Crippen LogP) is 6.41. The molecule has 1 N–H and O–H groups in total. The second-order valence-corrected chi connectivity index (χ2v) is 8.73. The number of hydrogen-bond donors (Lipinski definition) is 1. The van der Waals surface area contributed by atoms with Crippen molar-refractivity contribution >= 4 is 34.5 Å². The van der Waals surface area contributed by atoms with Gasteiger partial charge in [0, 0.05) is 34.6 Å². The summed E-state index contributed by atoms with van der Waals surface area (Å²) in [6.07, 6.45) is 3.01. The van der Waals surface area contributed by atoms with Gasteiger partial charge in [-0.05, 0) is 49.1 Å². The van der Waals surface area contributed by atoms with Crippen LogP contribution >= 0.6 is 23.2 Å². The third-order valence-electron chi connectivity index (χ3n) is 5.61. The van der Waals surface area contributed by atoms with E-state index in [0.29, 0.717) is 22.7 Å². The molecule has 1 heterocycles. The van der Waals surface area contributed by atoms with Gasteiger partial charge in [-0.15, -0.1) is 0 Å². The highest BCUT2D eigenvalue weighted by Crippen LogP contribution is 2.39. The highest BCUT2D eigenvalue weighted by Gasteiger charge is 2.43. The summed E-state index contributed by atoms with van der Waals surface area (Å²) in [6.45, 7) is 6.67. The minimum Gasteiger partial charge on any atom is -0.382 e. The van der Waals surface area contributed by atoms with Crippen LogP contribution < -0.4 is 5.32 Å². The molecule has 4 rings (SSSR count). The second-order valence-electron chi connectivity index (χ2n) is 7.86. The Morgan fingerprint density at radius 2 is 1.72 bits per heavy atom. The van der Waals surface area contributed by atoms with Crippen LogP contribution in [0.3, 0.4) is 0 Å². The largest absolute Gasteiger partial charge is 0.382 e. The molecule has 1 aliphatic carbocycles. The van der Waals surface area contributed by atoms with Gasteiger partial charge in [-0.25, -0.2) is 9.78 Å². The van der Waals surface area contributed by atoms with Crippen LogP contribution in [0.25, 0.3) is 5.57 Å². The number of aryl methyl sites for hydroxylation is 1. The monoisotopic (exact) mass is 433 g/mol. The Labute approximate surface area is 181 Å². The zero-order chi connectivity index (χ0) is 20.4. The van der Waals surface area contributed by atoms with Crippen LogP contribution in [0.2, 0.25) is 10.0 Å². The Morgan fingerprint density at radius 3 is 2.31 bits per heavy atom. The van der Waals surface area contributed by atoms with Crippen molar-refractivity contribution in [3.63, 3.8) is 0 Å². The average molecular weight is 434 g/mol. The Morgan fingerprint density at radius 1 is 1.07 bits per heavy atom. The van der Waals surface area contributed by atoms with Gasteiger partial charge in [0.25, 0.3) is 0 Å². The predicted molar refractivity (Wildman–Crippen MR) is 117 cm³/mol. The van der Waals surface area contributed by atoms with Crippen molar-refractivity contribution in [2.75, 3.05) is 11.9 Å². The molecule has 154 valence electrons. The van der Waals surface area contributed by atoms with Crippen molar-refractivity contribution in [1.29, 1.82) is 0 Å². The maximum absolute atomic E-state index is 6.14. The molecule has 4 nitrogen and oxygen atoms in total. The SMILES string of the molecule is C=C(c1ccc(C)cc1)C1COC2(CCC(Nc3cc(Cl)cc(Cl)c3)CC2)OO1. The summed E-state index contributed by atoms with van der Waals surface area (Å²) in [4.78, 5) is 11.5. The van der Waals surface area contributed by atoms with E-state index in [4.69, 9.17) is 37.7 Å². The lowest BCUT2D eigenvalue weighted by atomic mass is 9.89. The third kappa shape index (κ3) is 4.96. The van der Waals surface area contributed by atoms with Crippen molar-refractivity contribution < 1.29 is 14.5 Å². The fraction of sp³-hybridized carbons (Fsp3) is 0.391. The minimum absolute atomic E-state index is 0.298. The smallest absolute Gasteiger partial charge is 0.201 e. The zero-order valence-electron chi connectivity index (χ0n) is 16.4. The minimum atomic E-state index is -0.672. The number of hydrogen-bond acceptors (Lipinski definition) is 4. The van der Waals surface area contributed by atoms with E-state index in [-0.39, 0.29) is 6.10 Å². The van der Waals surface area contributed by atoms with Gasteiger partial charge >= 0.3 is 0 Å². The van der Waals surface area contributed by atoms with Gasteiger partial charge in [-0.2, -0.15) is 0 Å². The van der Waals surface area contributed by atoms with Gasteiger partial charge in [0.15, 0.2) is 0 Å². The number of nitrogens with one attached hydrogen (secondary N) is 1. The molecule has 6 heteroatoms. The van der Waals surface area contributed by atoms with Crippen molar-refractivity contribution in [3.05, 3.63) is 70.2 Å². The quantitative estimate of drug-likeness (QED) is 0.565. The van der Waals surface area contributed by atoms with E-state index < -0.39 is 5.79 Å². The Hall–Kier alpha value is -1.56. The zero-order valence-corrected chi connectivity index (χ0v) is 17.9. The van der Waals surface area contributed by atoms with Crippen LogP contribution in [0, 0.1) is 6.92 Å². The molecule has 1 aliphatic heterocycles. The van der Waals surface area contributed by atoms with Crippen molar-refractivity contribution in [3.8, 4) is 0 Å². The van der Waals surface area contributed by atoms with Gasteiger partial charge in [-0.1, -0.05) is 59.6 Å². The highest BCUT2D eigenvalue weighted by molar-refractivity contribution is 6.35. The van der Waals surface area contributed by atoms with Gasteiger partial charge in [-0.3, -0.25) is 0 Å². The Kier molecular flexibility index (Phi) is 6.19. The van der Waals surface area contributed by atoms with E-state index in [2.05, 4.69) is 31.0 Å². The van der Waals surface area contributed by atoms with Crippen LogP contribution in [0.1, 0.15) is 36.8 Å². The molecule has 2 aromatic carbocycles. The molecular formula is C23H25Cl2NO3. The molecular weight excluding hydrogens is 409 g/mol. The molecule has 0 aromatic heterocycles. The first kappa shape index (κ1) is 20.7. The van der Waals surface area contributed by atoms with Crippen molar-refractivity contribution in [2.24, 2.45) is 0 Å². The van der Waals surface area contributed by atoms with E-state index in [9.17, 15) is 0 Å². The maximum atomic E-state index is 6.14. The number of benzene rings is 2. The lowest BCUT2D eigenvalue weighted by Crippen LogP contribution is -2.49. The number of rotatable bonds is 4. The van der Waals surface area contributed by atoms with Crippen molar-refractivity contribution in [2.45, 2.75) is 50.5 Å². The highest BCUT2D eigenvalue weighted by atomic mass is 35.5. The number of halogens is 2. The Bertz CT molecular complexity index is 846. The molecule has 2 fully saturated rings. The molecule has 1 saturated heterocycles. The van der Waals surface area contributed by atoms with E-state index in [1.54, 1.807) is 6.07 Å². The summed E-state index contributed by atoms with van der Waals surface area (Å²) < 4.78 is 6.14. The normalized spacial score (nSPS) is 27.0. The van der Waals surface area contributed by atoms with Crippen molar-refractivity contribution in [1.82, 2.24) is 0 Å². The van der Waals surface area contributed by atoms with E-state index >= 15 is 0 Å². The summed E-state index contributed by atoms with van der Waals surface area (Å²) >= 11 is 12.2. The molecule has 2 aromatic rings. The fourth-order valence-electron chi connectivity index (χ4n) is 3.84. The summed E-state index contributed by atoms with van der Waals surface area (Å²) in [5, 5.41) is 4.75. The Balaban J connectivity index is 1.30.